The molecule has 2 heterocycles. The van der Waals surface area contributed by atoms with Crippen molar-refractivity contribution in [3.8, 4) is 0 Å². The van der Waals surface area contributed by atoms with Crippen LogP contribution in [-0.4, -0.2) is 27.1 Å². The molecule has 0 aromatic carbocycles. The van der Waals surface area contributed by atoms with E-state index in [1.54, 1.807) is 0 Å². The van der Waals surface area contributed by atoms with E-state index in [0.29, 0.717) is 0 Å². The Kier molecular flexibility index (Phi) is 4.83. The second-order valence-corrected chi connectivity index (χ2v) is 7.06. The van der Waals surface area contributed by atoms with Crippen LogP contribution in [-0.2, 0) is 6.54 Å². The lowest BCUT2D eigenvalue weighted by Gasteiger charge is -2.26. The molecule has 0 saturated heterocycles. The van der Waals surface area contributed by atoms with Crippen LogP contribution < -0.4 is 5.32 Å². The van der Waals surface area contributed by atoms with Crippen LogP contribution in [0.5, 0.6) is 0 Å². The summed E-state index contributed by atoms with van der Waals surface area (Å²) >= 11 is 3.48. The third kappa shape index (κ3) is 4.04. The molecule has 0 aliphatic heterocycles. The maximum Gasteiger partial charge on any atom is 0.136 e. The molecule has 110 valence electrons. The van der Waals surface area contributed by atoms with E-state index in [2.05, 4.69) is 44.5 Å². The number of nitrogens with one attached hydrogen (secondary N) is 1. The molecule has 20 heavy (non-hydrogen) atoms. The number of aromatic nitrogens is 2. The predicted octanol–water partition coefficient (Wildman–Crippen LogP) is 2.98. The first-order chi connectivity index (χ1) is 9.37. The van der Waals surface area contributed by atoms with E-state index in [1.165, 1.54) is 0 Å². The van der Waals surface area contributed by atoms with Gasteiger partial charge in [-0.25, -0.2) is 4.98 Å². The fraction of sp³-hybridized carbons (Fsp3) is 0.533. The molecule has 0 aliphatic carbocycles. The van der Waals surface area contributed by atoms with Crippen molar-refractivity contribution in [2.75, 3.05) is 6.54 Å². The fourth-order valence-electron chi connectivity index (χ4n) is 2.54. The molecule has 0 saturated carbocycles. The van der Waals surface area contributed by atoms with E-state index in [-0.39, 0.29) is 11.5 Å². The summed E-state index contributed by atoms with van der Waals surface area (Å²) in [5, 5.41) is 13.0. The molecule has 2 aromatic heterocycles. The number of hydrogen-bond acceptors (Lipinski definition) is 3. The lowest BCUT2D eigenvalue weighted by molar-refractivity contribution is 0.128. The molecule has 0 amide bonds. The number of nitrogens with zero attached hydrogens (tertiary/aromatic N) is 2. The van der Waals surface area contributed by atoms with E-state index in [1.807, 2.05) is 31.5 Å². The molecule has 0 spiro atoms. The summed E-state index contributed by atoms with van der Waals surface area (Å²) in [5.74, 6) is 0. The van der Waals surface area contributed by atoms with Crippen LogP contribution in [0.2, 0.25) is 0 Å². The summed E-state index contributed by atoms with van der Waals surface area (Å²) < 4.78 is 3.12. The van der Waals surface area contributed by atoms with Crippen molar-refractivity contribution < 1.29 is 5.11 Å². The SMILES string of the molecule is CC(O)CC(C)(C)CNCc1cnc2ccc(Br)cn12. The summed E-state index contributed by atoms with van der Waals surface area (Å²) in [6.07, 6.45) is 4.45. The average Bonchev–Trinajstić information content (AvgIpc) is 2.70. The van der Waals surface area contributed by atoms with E-state index >= 15 is 0 Å². The van der Waals surface area contributed by atoms with Gasteiger partial charge in [0.15, 0.2) is 0 Å². The molecule has 4 nitrogen and oxygen atoms in total. The van der Waals surface area contributed by atoms with E-state index in [9.17, 15) is 5.11 Å². The number of pyridine rings is 1. The predicted molar refractivity (Wildman–Crippen MR) is 84.7 cm³/mol. The number of hydrogen-bond donors (Lipinski definition) is 2. The van der Waals surface area contributed by atoms with Gasteiger partial charge in [-0.15, -0.1) is 0 Å². The number of aliphatic hydroxyl groups excluding tert-OH is 1. The molecule has 0 bridgehead atoms. The zero-order chi connectivity index (χ0) is 14.8. The van der Waals surface area contributed by atoms with Gasteiger partial charge in [-0.05, 0) is 46.8 Å². The highest BCUT2D eigenvalue weighted by Crippen LogP contribution is 2.21. The maximum absolute atomic E-state index is 9.50. The van der Waals surface area contributed by atoms with Gasteiger partial charge in [0, 0.05) is 23.8 Å². The minimum atomic E-state index is -0.265. The molecule has 0 radical (unpaired) electrons. The molecule has 2 N–H and O–H groups in total. The summed E-state index contributed by atoms with van der Waals surface area (Å²) in [4.78, 5) is 4.39. The van der Waals surface area contributed by atoms with Gasteiger partial charge in [-0.3, -0.25) is 0 Å². The first-order valence-electron chi connectivity index (χ1n) is 6.88. The Bertz CT molecular complexity index is 578. The highest BCUT2D eigenvalue weighted by atomic mass is 79.9. The van der Waals surface area contributed by atoms with Crippen molar-refractivity contribution in [2.24, 2.45) is 5.41 Å². The average molecular weight is 340 g/mol. The minimum absolute atomic E-state index is 0.0786. The van der Waals surface area contributed by atoms with Gasteiger partial charge in [-0.1, -0.05) is 13.8 Å². The second-order valence-electron chi connectivity index (χ2n) is 6.15. The van der Waals surface area contributed by atoms with Gasteiger partial charge in [0.2, 0.25) is 0 Å². The molecule has 2 rings (SSSR count). The molecule has 5 heteroatoms. The number of imidazole rings is 1. The molecule has 1 unspecified atom stereocenters. The normalized spacial score (nSPS) is 13.8. The highest BCUT2D eigenvalue weighted by molar-refractivity contribution is 9.10. The fourth-order valence-corrected chi connectivity index (χ4v) is 2.87. The van der Waals surface area contributed by atoms with Crippen LogP contribution >= 0.6 is 15.9 Å². The topological polar surface area (TPSA) is 49.6 Å². The highest BCUT2D eigenvalue weighted by Gasteiger charge is 2.19. The molecule has 0 aliphatic rings. The Hall–Kier alpha value is -0.910. The molecule has 2 aromatic rings. The Morgan fingerprint density at radius 3 is 2.90 bits per heavy atom. The molecular weight excluding hydrogens is 318 g/mol. The van der Waals surface area contributed by atoms with Crippen LogP contribution in [0.15, 0.2) is 29.0 Å². The third-order valence-corrected chi connectivity index (χ3v) is 3.77. The third-order valence-electron chi connectivity index (χ3n) is 3.30. The second kappa shape index (κ2) is 6.24. The first kappa shape index (κ1) is 15.5. The zero-order valence-electron chi connectivity index (χ0n) is 12.2. The summed E-state index contributed by atoms with van der Waals surface area (Å²) in [6, 6.07) is 3.98. The summed E-state index contributed by atoms with van der Waals surface area (Å²) in [7, 11) is 0. The number of rotatable bonds is 6. The van der Waals surface area contributed by atoms with Crippen molar-refractivity contribution in [1.29, 1.82) is 0 Å². The number of aliphatic hydroxyl groups is 1. The van der Waals surface area contributed by atoms with Crippen molar-refractivity contribution in [2.45, 2.75) is 39.8 Å². The van der Waals surface area contributed by atoms with E-state index < -0.39 is 0 Å². The van der Waals surface area contributed by atoms with E-state index in [4.69, 9.17) is 0 Å². The van der Waals surface area contributed by atoms with Crippen molar-refractivity contribution in [3.05, 3.63) is 34.7 Å². The van der Waals surface area contributed by atoms with Crippen molar-refractivity contribution in [3.63, 3.8) is 0 Å². The summed E-state index contributed by atoms with van der Waals surface area (Å²) in [6.45, 7) is 7.79. The number of halogens is 1. The summed E-state index contributed by atoms with van der Waals surface area (Å²) in [5.41, 5.74) is 2.16. The van der Waals surface area contributed by atoms with Gasteiger partial charge in [0.05, 0.1) is 18.0 Å². The van der Waals surface area contributed by atoms with Crippen molar-refractivity contribution in [1.82, 2.24) is 14.7 Å². The Balaban J connectivity index is 1.98. The largest absolute Gasteiger partial charge is 0.393 e. The zero-order valence-corrected chi connectivity index (χ0v) is 13.8. The lowest BCUT2D eigenvalue weighted by Crippen LogP contribution is -2.31. The Labute approximate surface area is 128 Å². The molecule has 1 atom stereocenters. The Morgan fingerprint density at radius 2 is 2.20 bits per heavy atom. The first-order valence-corrected chi connectivity index (χ1v) is 7.67. The quantitative estimate of drug-likeness (QED) is 0.850. The van der Waals surface area contributed by atoms with Gasteiger partial charge in [0.1, 0.15) is 5.65 Å². The lowest BCUT2D eigenvalue weighted by atomic mass is 9.87. The smallest absolute Gasteiger partial charge is 0.136 e. The molecule has 0 fully saturated rings. The monoisotopic (exact) mass is 339 g/mol. The standard InChI is InChI=1S/C15H22BrN3O/c1-11(20)6-15(2,3)10-17-7-13-8-18-14-5-4-12(16)9-19(13)14/h4-5,8-9,11,17,20H,6-7,10H2,1-3H3. The Morgan fingerprint density at radius 1 is 1.45 bits per heavy atom. The van der Waals surface area contributed by atoms with Gasteiger partial charge < -0.3 is 14.8 Å². The van der Waals surface area contributed by atoms with Crippen LogP contribution in [0.3, 0.4) is 0 Å². The van der Waals surface area contributed by atoms with Gasteiger partial charge in [-0.2, -0.15) is 0 Å². The van der Waals surface area contributed by atoms with Gasteiger partial charge in [0.25, 0.3) is 0 Å². The maximum atomic E-state index is 9.50. The number of fused-ring (bicyclic) bond motifs is 1. The van der Waals surface area contributed by atoms with Crippen LogP contribution in [0.1, 0.15) is 32.9 Å². The van der Waals surface area contributed by atoms with E-state index in [0.717, 1.165) is 35.3 Å². The van der Waals surface area contributed by atoms with Gasteiger partial charge >= 0.3 is 0 Å². The van der Waals surface area contributed by atoms with Crippen molar-refractivity contribution >= 4 is 21.6 Å². The minimum Gasteiger partial charge on any atom is -0.393 e. The van der Waals surface area contributed by atoms with Crippen LogP contribution in [0.4, 0.5) is 0 Å². The molecular formula is C15H22BrN3O. The van der Waals surface area contributed by atoms with Crippen LogP contribution in [0, 0.1) is 5.41 Å². The van der Waals surface area contributed by atoms with Crippen LogP contribution in [0.25, 0.3) is 5.65 Å².